The first-order valence-electron chi connectivity index (χ1n) is 7.68. The van der Waals surface area contributed by atoms with Crippen LogP contribution in [0.3, 0.4) is 0 Å². The minimum Gasteiger partial charge on any atom is -0.493 e. The fraction of sp³-hybridized carbons (Fsp3) is 0.353. The molecule has 0 N–H and O–H groups in total. The summed E-state index contributed by atoms with van der Waals surface area (Å²) in [5.74, 6) is 1.98. The summed E-state index contributed by atoms with van der Waals surface area (Å²) in [5, 5.41) is 10.1. The summed E-state index contributed by atoms with van der Waals surface area (Å²) in [4.78, 5) is 17.0. The van der Waals surface area contributed by atoms with Gasteiger partial charge in [-0.1, -0.05) is 18.7 Å². The smallest absolute Gasteiger partial charge is 0.272 e. The SMILES string of the molecule is CCCOc1ccc(-c2nc3n(c(=O)c2C#N)CCS3)cc1OC. The van der Waals surface area contributed by atoms with Gasteiger partial charge in [-0.15, -0.1) is 0 Å². The number of nitriles is 1. The van der Waals surface area contributed by atoms with Gasteiger partial charge < -0.3 is 9.47 Å². The molecule has 3 rings (SSSR count). The molecule has 0 bridgehead atoms. The van der Waals surface area contributed by atoms with E-state index in [0.29, 0.717) is 41.1 Å². The molecule has 0 unspecified atom stereocenters. The standard InChI is InChI=1S/C17H17N3O3S/c1-3-7-23-13-5-4-11(9-14(13)22-2)15-12(10-18)16(21)20-6-8-24-17(20)19-15/h4-5,9H,3,6-8H2,1-2H3. The van der Waals surface area contributed by atoms with Crippen molar-refractivity contribution in [2.24, 2.45) is 0 Å². The number of benzene rings is 1. The van der Waals surface area contributed by atoms with Gasteiger partial charge in [0, 0.05) is 17.9 Å². The summed E-state index contributed by atoms with van der Waals surface area (Å²) in [6, 6.07) is 7.34. The maximum absolute atomic E-state index is 12.5. The molecule has 0 saturated carbocycles. The Kier molecular flexibility index (Phi) is 4.76. The lowest BCUT2D eigenvalue weighted by Gasteiger charge is -2.12. The quantitative estimate of drug-likeness (QED) is 0.777. The normalized spacial score (nSPS) is 12.5. The molecule has 6 nitrogen and oxygen atoms in total. The van der Waals surface area contributed by atoms with Gasteiger partial charge in [-0.25, -0.2) is 4.98 Å². The molecule has 2 aromatic rings. The van der Waals surface area contributed by atoms with Crippen LogP contribution in [-0.4, -0.2) is 29.0 Å². The summed E-state index contributed by atoms with van der Waals surface area (Å²) < 4.78 is 12.6. The van der Waals surface area contributed by atoms with E-state index in [0.717, 1.165) is 12.2 Å². The molecule has 1 aromatic heterocycles. The van der Waals surface area contributed by atoms with Gasteiger partial charge in [-0.2, -0.15) is 5.26 Å². The lowest BCUT2D eigenvalue weighted by molar-refractivity contribution is 0.294. The molecule has 0 fully saturated rings. The molecule has 0 atom stereocenters. The summed E-state index contributed by atoms with van der Waals surface area (Å²) in [7, 11) is 1.56. The van der Waals surface area contributed by atoms with Crippen LogP contribution in [0.2, 0.25) is 0 Å². The molecule has 0 amide bonds. The lowest BCUT2D eigenvalue weighted by Crippen LogP contribution is -2.24. The van der Waals surface area contributed by atoms with Gasteiger partial charge in [0.2, 0.25) is 0 Å². The third-order valence-corrected chi connectivity index (χ3v) is 4.65. The van der Waals surface area contributed by atoms with Crippen LogP contribution in [0, 0.1) is 11.3 Å². The van der Waals surface area contributed by atoms with E-state index in [1.54, 1.807) is 29.9 Å². The molecular formula is C17H17N3O3S. The summed E-state index contributed by atoms with van der Waals surface area (Å²) >= 11 is 1.52. The van der Waals surface area contributed by atoms with Crippen molar-refractivity contribution in [3.05, 3.63) is 34.1 Å². The Balaban J connectivity index is 2.11. The van der Waals surface area contributed by atoms with Crippen molar-refractivity contribution >= 4 is 11.8 Å². The highest BCUT2D eigenvalue weighted by Gasteiger charge is 2.22. The fourth-order valence-electron chi connectivity index (χ4n) is 2.53. The number of nitrogens with zero attached hydrogens (tertiary/aromatic N) is 3. The first-order valence-corrected chi connectivity index (χ1v) is 8.67. The molecule has 24 heavy (non-hydrogen) atoms. The zero-order chi connectivity index (χ0) is 17.1. The Labute approximate surface area is 144 Å². The molecule has 0 saturated heterocycles. The average molecular weight is 343 g/mol. The van der Waals surface area contributed by atoms with E-state index in [2.05, 4.69) is 4.98 Å². The topological polar surface area (TPSA) is 77.1 Å². The second kappa shape index (κ2) is 6.97. The van der Waals surface area contributed by atoms with Crippen molar-refractivity contribution in [1.82, 2.24) is 9.55 Å². The first-order chi connectivity index (χ1) is 11.7. The van der Waals surface area contributed by atoms with Crippen LogP contribution in [0.15, 0.2) is 28.2 Å². The minimum absolute atomic E-state index is 0.0607. The Morgan fingerprint density at radius 1 is 1.42 bits per heavy atom. The van der Waals surface area contributed by atoms with E-state index < -0.39 is 0 Å². The van der Waals surface area contributed by atoms with E-state index in [1.807, 2.05) is 13.0 Å². The number of hydrogen-bond acceptors (Lipinski definition) is 6. The highest BCUT2D eigenvalue weighted by molar-refractivity contribution is 7.99. The average Bonchev–Trinajstić information content (AvgIpc) is 3.08. The lowest BCUT2D eigenvalue weighted by atomic mass is 10.1. The number of ether oxygens (including phenoxy) is 2. The highest BCUT2D eigenvalue weighted by atomic mass is 32.2. The van der Waals surface area contributed by atoms with Gasteiger partial charge in [0.1, 0.15) is 11.6 Å². The molecule has 1 aliphatic heterocycles. The number of hydrogen-bond donors (Lipinski definition) is 0. The first kappa shape index (κ1) is 16.4. The molecule has 0 aliphatic carbocycles. The number of thioether (sulfide) groups is 1. The van der Waals surface area contributed by atoms with Crippen molar-refractivity contribution in [3.8, 4) is 28.8 Å². The van der Waals surface area contributed by atoms with Gasteiger partial charge in [0.05, 0.1) is 19.4 Å². The van der Waals surface area contributed by atoms with E-state index in [4.69, 9.17) is 9.47 Å². The molecule has 0 spiro atoms. The van der Waals surface area contributed by atoms with Gasteiger partial charge >= 0.3 is 0 Å². The van der Waals surface area contributed by atoms with Crippen molar-refractivity contribution in [2.75, 3.05) is 19.5 Å². The fourth-order valence-corrected chi connectivity index (χ4v) is 3.47. The second-order valence-corrected chi connectivity index (χ2v) is 6.31. The van der Waals surface area contributed by atoms with Gasteiger partial charge in [0.15, 0.2) is 16.7 Å². The van der Waals surface area contributed by atoms with Crippen LogP contribution >= 0.6 is 11.8 Å². The Hall–Kier alpha value is -2.46. The van der Waals surface area contributed by atoms with Crippen molar-refractivity contribution < 1.29 is 9.47 Å². The predicted molar refractivity (Wildman–Crippen MR) is 91.7 cm³/mol. The van der Waals surface area contributed by atoms with Crippen LogP contribution in [0.1, 0.15) is 18.9 Å². The maximum atomic E-state index is 12.5. The summed E-state index contributed by atoms with van der Waals surface area (Å²) in [5.41, 5.74) is 0.835. The minimum atomic E-state index is -0.284. The zero-order valence-corrected chi connectivity index (χ0v) is 14.4. The molecule has 124 valence electrons. The van der Waals surface area contributed by atoms with Crippen LogP contribution < -0.4 is 15.0 Å². The third-order valence-electron chi connectivity index (χ3n) is 3.69. The molecule has 1 aromatic carbocycles. The third kappa shape index (κ3) is 2.85. The zero-order valence-electron chi connectivity index (χ0n) is 13.5. The number of fused-ring (bicyclic) bond motifs is 1. The van der Waals surface area contributed by atoms with Gasteiger partial charge in [-0.05, 0) is 24.6 Å². The molecule has 1 aliphatic rings. The number of rotatable bonds is 5. The van der Waals surface area contributed by atoms with Crippen molar-refractivity contribution in [3.63, 3.8) is 0 Å². The molecule has 0 radical (unpaired) electrons. The molecule has 7 heteroatoms. The van der Waals surface area contributed by atoms with Gasteiger partial charge in [-0.3, -0.25) is 9.36 Å². The van der Waals surface area contributed by atoms with Gasteiger partial charge in [0.25, 0.3) is 5.56 Å². The highest BCUT2D eigenvalue weighted by Crippen LogP contribution is 2.34. The van der Waals surface area contributed by atoms with E-state index in [-0.39, 0.29) is 11.1 Å². The predicted octanol–water partition coefficient (Wildman–Crippen LogP) is 2.69. The maximum Gasteiger partial charge on any atom is 0.272 e. The number of methoxy groups -OCH3 is 1. The molecular weight excluding hydrogens is 326 g/mol. The Bertz CT molecular complexity index is 871. The second-order valence-electron chi connectivity index (χ2n) is 5.25. The summed E-state index contributed by atoms with van der Waals surface area (Å²) in [6.07, 6.45) is 0.893. The monoisotopic (exact) mass is 343 g/mol. The van der Waals surface area contributed by atoms with E-state index in [9.17, 15) is 10.1 Å². The van der Waals surface area contributed by atoms with Crippen LogP contribution in [0.4, 0.5) is 0 Å². The Morgan fingerprint density at radius 3 is 2.96 bits per heavy atom. The largest absolute Gasteiger partial charge is 0.493 e. The van der Waals surface area contributed by atoms with E-state index in [1.165, 1.54) is 11.8 Å². The van der Waals surface area contributed by atoms with Crippen LogP contribution in [-0.2, 0) is 6.54 Å². The Morgan fingerprint density at radius 2 is 2.25 bits per heavy atom. The van der Waals surface area contributed by atoms with Crippen molar-refractivity contribution in [2.45, 2.75) is 25.0 Å². The van der Waals surface area contributed by atoms with Crippen LogP contribution in [0.5, 0.6) is 11.5 Å². The van der Waals surface area contributed by atoms with E-state index >= 15 is 0 Å². The number of aromatic nitrogens is 2. The summed E-state index contributed by atoms with van der Waals surface area (Å²) in [6.45, 7) is 3.21. The molecule has 2 heterocycles. The van der Waals surface area contributed by atoms with Crippen LogP contribution in [0.25, 0.3) is 11.3 Å². The van der Waals surface area contributed by atoms with Crippen molar-refractivity contribution in [1.29, 1.82) is 5.26 Å².